The van der Waals surface area contributed by atoms with Crippen LogP contribution in [0.4, 0.5) is 13.2 Å². The lowest BCUT2D eigenvalue weighted by Crippen LogP contribution is -2.51. The second-order valence-electron chi connectivity index (χ2n) is 7.88. The fourth-order valence-corrected chi connectivity index (χ4v) is 5.39. The third-order valence-corrected chi connectivity index (χ3v) is 7.61. The molecule has 28 heavy (non-hydrogen) atoms. The van der Waals surface area contributed by atoms with Crippen LogP contribution >= 0.6 is 0 Å². The zero-order valence-corrected chi connectivity index (χ0v) is 16.9. The van der Waals surface area contributed by atoms with Gasteiger partial charge in [-0.1, -0.05) is 6.92 Å². The van der Waals surface area contributed by atoms with Crippen LogP contribution in [0.5, 0.6) is 0 Å². The topological polar surface area (TPSA) is 62.7 Å². The fraction of sp³-hybridized carbons (Fsp3) is 0.722. The number of hydrogen-bond acceptors (Lipinski definition) is 5. The Morgan fingerprint density at radius 3 is 2.29 bits per heavy atom. The van der Waals surface area contributed by atoms with Gasteiger partial charge in [0.25, 0.3) is 0 Å². The summed E-state index contributed by atoms with van der Waals surface area (Å²) in [6, 6.07) is 1.73. The molecule has 3 rings (SSSR count). The second-order valence-corrected chi connectivity index (χ2v) is 9.79. The summed E-state index contributed by atoms with van der Waals surface area (Å²) in [6.45, 7) is 7.76. The van der Waals surface area contributed by atoms with Gasteiger partial charge in [0.05, 0.1) is 5.69 Å². The molecule has 1 aromatic heterocycles. The number of nitrogens with zero attached hydrogens (tertiary/aromatic N) is 3. The van der Waals surface area contributed by atoms with Crippen molar-refractivity contribution < 1.29 is 26.3 Å². The molecule has 6 nitrogen and oxygen atoms in total. The van der Waals surface area contributed by atoms with E-state index in [1.54, 1.807) is 0 Å². The molecule has 3 heterocycles. The van der Waals surface area contributed by atoms with Gasteiger partial charge in [-0.25, -0.2) is 13.4 Å². The molecule has 0 radical (unpaired) electrons. The van der Waals surface area contributed by atoms with Gasteiger partial charge in [0.2, 0.25) is 10.0 Å². The van der Waals surface area contributed by atoms with Crippen molar-refractivity contribution in [2.45, 2.75) is 37.8 Å². The number of halogens is 3. The molecule has 2 fully saturated rings. The highest BCUT2D eigenvalue weighted by Gasteiger charge is 2.36. The summed E-state index contributed by atoms with van der Waals surface area (Å²) in [5.41, 5.74) is -1.04. The summed E-state index contributed by atoms with van der Waals surface area (Å²) in [5, 5.41) is 0. The van der Waals surface area contributed by atoms with Gasteiger partial charge in [-0.15, -0.1) is 0 Å². The predicted molar refractivity (Wildman–Crippen MR) is 97.3 cm³/mol. The Kier molecular flexibility index (Phi) is 6.05. The lowest BCUT2D eigenvalue weighted by Gasteiger charge is -2.41. The van der Waals surface area contributed by atoms with Gasteiger partial charge >= 0.3 is 6.18 Å². The fourth-order valence-electron chi connectivity index (χ4n) is 3.81. The normalized spacial score (nSPS) is 22.3. The van der Waals surface area contributed by atoms with Crippen LogP contribution in [0, 0.1) is 12.3 Å². The van der Waals surface area contributed by atoms with Gasteiger partial charge in [-0.2, -0.15) is 17.5 Å². The molecular weight excluding hydrogens is 395 g/mol. The Bertz CT molecular complexity index is 800. The van der Waals surface area contributed by atoms with Crippen LogP contribution in [0.15, 0.2) is 17.0 Å². The molecule has 0 aromatic carbocycles. The standard InChI is InChI=1S/C18H26F3N3O3S/c1-14-15(3-4-16(22-14)18(19,20)21)28(25,26)24-9-7-23(8-10-24)13-17(2)5-11-27-12-6-17/h3-4H,5-13H2,1-2H3. The van der Waals surface area contributed by atoms with Gasteiger partial charge in [-0.05, 0) is 37.3 Å². The van der Waals surface area contributed by atoms with Crippen LogP contribution < -0.4 is 0 Å². The Morgan fingerprint density at radius 2 is 1.75 bits per heavy atom. The Hall–Kier alpha value is -1.23. The number of ether oxygens (including phenoxy) is 1. The van der Waals surface area contributed by atoms with Gasteiger partial charge in [0.15, 0.2) is 0 Å². The summed E-state index contributed by atoms with van der Waals surface area (Å²) in [5.74, 6) is 0. The zero-order valence-electron chi connectivity index (χ0n) is 16.1. The first-order valence-corrected chi connectivity index (χ1v) is 10.8. The highest BCUT2D eigenvalue weighted by atomic mass is 32.2. The van der Waals surface area contributed by atoms with E-state index >= 15 is 0 Å². The average Bonchev–Trinajstić information content (AvgIpc) is 2.61. The van der Waals surface area contributed by atoms with E-state index in [1.165, 1.54) is 11.2 Å². The maximum atomic E-state index is 12.9. The largest absolute Gasteiger partial charge is 0.433 e. The highest BCUT2D eigenvalue weighted by Crippen LogP contribution is 2.32. The predicted octanol–water partition coefficient (Wildman–Crippen LogP) is 2.53. The van der Waals surface area contributed by atoms with Crippen LogP contribution in [-0.4, -0.2) is 68.5 Å². The quantitative estimate of drug-likeness (QED) is 0.748. The van der Waals surface area contributed by atoms with E-state index in [1.807, 2.05) is 0 Å². The van der Waals surface area contributed by atoms with Crippen molar-refractivity contribution in [3.8, 4) is 0 Å². The van der Waals surface area contributed by atoms with E-state index in [2.05, 4.69) is 16.8 Å². The van der Waals surface area contributed by atoms with E-state index in [-0.39, 0.29) is 16.0 Å². The van der Waals surface area contributed by atoms with Crippen molar-refractivity contribution in [2.24, 2.45) is 5.41 Å². The van der Waals surface area contributed by atoms with Crippen LogP contribution in [0.1, 0.15) is 31.2 Å². The maximum Gasteiger partial charge on any atom is 0.433 e. The minimum atomic E-state index is -4.60. The minimum absolute atomic E-state index is 0.132. The number of aromatic nitrogens is 1. The lowest BCUT2D eigenvalue weighted by atomic mass is 9.82. The van der Waals surface area contributed by atoms with E-state index < -0.39 is 21.9 Å². The SMILES string of the molecule is Cc1nc(C(F)(F)F)ccc1S(=O)(=O)N1CCN(CC2(C)CCOCC2)CC1. The van der Waals surface area contributed by atoms with Crippen LogP contribution in [0.3, 0.4) is 0 Å². The summed E-state index contributed by atoms with van der Waals surface area (Å²) < 4.78 is 70.9. The molecular formula is C18H26F3N3O3S. The third kappa shape index (κ3) is 4.67. The van der Waals surface area contributed by atoms with Crippen LogP contribution in [-0.2, 0) is 20.9 Å². The molecule has 1 aromatic rings. The van der Waals surface area contributed by atoms with Gasteiger partial charge in [0.1, 0.15) is 10.6 Å². The molecule has 2 aliphatic heterocycles. The molecule has 0 saturated carbocycles. The monoisotopic (exact) mass is 421 g/mol. The zero-order chi connectivity index (χ0) is 20.6. The van der Waals surface area contributed by atoms with Crippen LogP contribution in [0.25, 0.3) is 0 Å². The first-order valence-electron chi connectivity index (χ1n) is 9.36. The smallest absolute Gasteiger partial charge is 0.381 e. The Labute approximate surface area is 163 Å². The van der Waals surface area contributed by atoms with Crippen molar-refractivity contribution in [3.05, 3.63) is 23.5 Å². The van der Waals surface area contributed by atoms with Crippen LogP contribution in [0.2, 0.25) is 0 Å². The van der Waals surface area contributed by atoms with Crippen molar-refractivity contribution in [1.82, 2.24) is 14.2 Å². The molecule has 0 unspecified atom stereocenters. The van der Waals surface area contributed by atoms with Crippen molar-refractivity contribution in [1.29, 1.82) is 0 Å². The molecule has 0 N–H and O–H groups in total. The second kappa shape index (κ2) is 7.89. The molecule has 0 spiro atoms. The maximum absolute atomic E-state index is 12.9. The first-order chi connectivity index (χ1) is 13.0. The molecule has 0 amide bonds. The van der Waals surface area contributed by atoms with Crippen molar-refractivity contribution in [3.63, 3.8) is 0 Å². The molecule has 2 saturated heterocycles. The number of piperazine rings is 1. The summed E-state index contributed by atoms with van der Waals surface area (Å²) in [7, 11) is -3.87. The molecule has 10 heteroatoms. The van der Waals surface area contributed by atoms with E-state index in [0.717, 1.165) is 44.7 Å². The van der Waals surface area contributed by atoms with Crippen molar-refractivity contribution >= 4 is 10.0 Å². The Balaban J connectivity index is 1.66. The first kappa shape index (κ1) is 21.5. The number of sulfonamides is 1. The minimum Gasteiger partial charge on any atom is -0.381 e. The summed E-state index contributed by atoms with van der Waals surface area (Å²) in [4.78, 5) is 5.55. The molecule has 158 valence electrons. The number of pyridine rings is 1. The molecule has 0 aliphatic carbocycles. The van der Waals surface area contributed by atoms with Crippen molar-refractivity contribution in [2.75, 3.05) is 45.9 Å². The summed E-state index contributed by atoms with van der Waals surface area (Å²) in [6.07, 6.45) is -2.62. The average molecular weight is 421 g/mol. The van der Waals surface area contributed by atoms with E-state index in [4.69, 9.17) is 4.74 Å². The molecule has 0 bridgehead atoms. The van der Waals surface area contributed by atoms with Gasteiger partial charge in [-0.3, -0.25) is 0 Å². The van der Waals surface area contributed by atoms with Gasteiger partial charge in [0, 0.05) is 45.9 Å². The number of aryl methyl sites for hydroxylation is 1. The molecule has 0 atom stereocenters. The van der Waals surface area contributed by atoms with E-state index in [9.17, 15) is 21.6 Å². The Morgan fingerprint density at radius 1 is 1.14 bits per heavy atom. The number of alkyl halides is 3. The van der Waals surface area contributed by atoms with E-state index in [0.29, 0.717) is 26.2 Å². The molecule has 2 aliphatic rings. The number of rotatable bonds is 4. The third-order valence-electron chi connectivity index (χ3n) is 5.58. The summed E-state index contributed by atoms with van der Waals surface area (Å²) >= 11 is 0. The highest BCUT2D eigenvalue weighted by molar-refractivity contribution is 7.89. The lowest BCUT2D eigenvalue weighted by molar-refractivity contribution is -0.141. The van der Waals surface area contributed by atoms with Gasteiger partial charge < -0.3 is 9.64 Å². The number of hydrogen-bond donors (Lipinski definition) is 0.